The molecule has 0 bridgehead atoms. The Morgan fingerprint density at radius 3 is 3.06 bits per heavy atom. The zero-order chi connectivity index (χ0) is 11.5. The summed E-state index contributed by atoms with van der Waals surface area (Å²) in [4.78, 5) is 2.31. The minimum absolute atomic E-state index is 0.125. The standard InChI is InChI=1S/C12H16BrFN2/c1-9-7-15-4-5-16(9)8-10-2-3-11(13)6-12(10)14/h2-3,6,9,15H,4-5,7-8H2,1H3. The van der Waals surface area contributed by atoms with Crippen LogP contribution in [0.4, 0.5) is 4.39 Å². The van der Waals surface area contributed by atoms with Gasteiger partial charge >= 0.3 is 0 Å². The first-order valence-corrected chi connectivity index (χ1v) is 6.35. The molecule has 0 amide bonds. The van der Waals surface area contributed by atoms with Gasteiger partial charge in [0.05, 0.1) is 0 Å². The van der Waals surface area contributed by atoms with E-state index in [1.807, 2.05) is 12.1 Å². The van der Waals surface area contributed by atoms with Crippen molar-refractivity contribution in [2.75, 3.05) is 19.6 Å². The first-order valence-electron chi connectivity index (χ1n) is 5.55. The molecule has 1 saturated heterocycles. The van der Waals surface area contributed by atoms with Crippen molar-refractivity contribution in [3.8, 4) is 0 Å². The summed E-state index contributed by atoms with van der Waals surface area (Å²) in [7, 11) is 0. The monoisotopic (exact) mass is 286 g/mol. The van der Waals surface area contributed by atoms with Crippen molar-refractivity contribution in [1.29, 1.82) is 0 Å². The highest BCUT2D eigenvalue weighted by molar-refractivity contribution is 9.10. The van der Waals surface area contributed by atoms with Crippen LogP contribution in [0.1, 0.15) is 12.5 Å². The Labute approximate surface area is 104 Å². The molecule has 4 heteroatoms. The highest BCUT2D eigenvalue weighted by Gasteiger charge is 2.18. The summed E-state index contributed by atoms with van der Waals surface area (Å²) in [6.45, 7) is 5.82. The number of benzene rings is 1. The van der Waals surface area contributed by atoms with Crippen molar-refractivity contribution in [3.63, 3.8) is 0 Å². The van der Waals surface area contributed by atoms with Crippen LogP contribution in [-0.4, -0.2) is 30.6 Å². The van der Waals surface area contributed by atoms with E-state index in [1.165, 1.54) is 6.07 Å². The van der Waals surface area contributed by atoms with Gasteiger partial charge in [0, 0.05) is 42.3 Å². The fourth-order valence-electron chi connectivity index (χ4n) is 1.99. The average molecular weight is 287 g/mol. The van der Waals surface area contributed by atoms with Gasteiger partial charge in [0.1, 0.15) is 5.82 Å². The van der Waals surface area contributed by atoms with Gasteiger partial charge in [0.2, 0.25) is 0 Å². The Hall–Kier alpha value is -0.450. The van der Waals surface area contributed by atoms with Crippen LogP contribution in [0, 0.1) is 5.82 Å². The molecular weight excluding hydrogens is 271 g/mol. The van der Waals surface area contributed by atoms with E-state index in [2.05, 4.69) is 33.1 Å². The van der Waals surface area contributed by atoms with Crippen LogP contribution in [0.2, 0.25) is 0 Å². The van der Waals surface area contributed by atoms with E-state index >= 15 is 0 Å². The first-order chi connectivity index (χ1) is 7.66. The topological polar surface area (TPSA) is 15.3 Å². The van der Waals surface area contributed by atoms with E-state index in [0.29, 0.717) is 12.6 Å². The predicted octanol–water partition coefficient (Wildman–Crippen LogP) is 2.38. The minimum atomic E-state index is -0.125. The summed E-state index contributed by atoms with van der Waals surface area (Å²) in [5, 5.41) is 3.33. The smallest absolute Gasteiger partial charge is 0.128 e. The quantitative estimate of drug-likeness (QED) is 0.898. The van der Waals surface area contributed by atoms with Gasteiger partial charge in [0.15, 0.2) is 0 Å². The summed E-state index contributed by atoms with van der Waals surface area (Å²) in [5.41, 5.74) is 0.775. The average Bonchev–Trinajstić information content (AvgIpc) is 2.25. The Kier molecular flexibility index (Phi) is 3.95. The molecule has 1 unspecified atom stereocenters. The van der Waals surface area contributed by atoms with Crippen LogP contribution in [-0.2, 0) is 6.54 Å². The second-order valence-corrected chi connectivity index (χ2v) is 5.18. The molecule has 16 heavy (non-hydrogen) atoms. The van der Waals surface area contributed by atoms with Gasteiger partial charge < -0.3 is 5.32 Å². The maximum Gasteiger partial charge on any atom is 0.128 e. The van der Waals surface area contributed by atoms with E-state index in [-0.39, 0.29) is 5.82 Å². The molecule has 1 aliphatic heterocycles. The van der Waals surface area contributed by atoms with Crippen molar-refractivity contribution in [3.05, 3.63) is 34.1 Å². The number of hydrogen-bond donors (Lipinski definition) is 1. The maximum absolute atomic E-state index is 13.7. The van der Waals surface area contributed by atoms with Gasteiger partial charge in [-0.3, -0.25) is 4.90 Å². The molecule has 0 radical (unpaired) electrons. The largest absolute Gasteiger partial charge is 0.314 e. The van der Waals surface area contributed by atoms with E-state index in [9.17, 15) is 4.39 Å². The molecule has 1 N–H and O–H groups in total. The molecule has 1 atom stereocenters. The third kappa shape index (κ3) is 2.81. The molecular formula is C12H16BrFN2. The second-order valence-electron chi connectivity index (χ2n) is 4.26. The lowest BCUT2D eigenvalue weighted by atomic mass is 10.1. The van der Waals surface area contributed by atoms with Gasteiger partial charge in [0.25, 0.3) is 0 Å². The summed E-state index contributed by atoms with van der Waals surface area (Å²) < 4.78 is 14.5. The normalized spacial score (nSPS) is 22.3. The Balaban J connectivity index is 2.07. The lowest BCUT2D eigenvalue weighted by Gasteiger charge is -2.33. The maximum atomic E-state index is 13.7. The van der Waals surface area contributed by atoms with Gasteiger partial charge in [-0.1, -0.05) is 22.0 Å². The van der Waals surface area contributed by atoms with Crippen molar-refractivity contribution in [1.82, 2.24) is 10.2 Å². The van der Waals surface area contributed by atoms with E-state index in [0.717, 1.165) is 29.7 Å². The molecule has 0 aliphatic carbocycles. The van der Waals surface area contributed by atoms with Crippen LogP contribution < -0.4 is 5.32 Å². The Bertz CT molecular complexity index is 370. The van der Waals surface area contributed by atoms with Crippen molar-refractivity contribution >= 4 is 15.9 Å². The number of nitrogens with zero attached hydrogens (tertiary/aromatic N) is 1. The number of halogens is 2. The Morgan fingerprint density at radius 1 is 1.56 bits per heavy atom. The van der Waals surface area contributed by atoms with Crippen LogP contribution in [0.5, 0.6) is 0 Å². The van der Waals surface area contributed by atoms with E-state index < -0.39 is 0 Å². The van der Waals surface area contributed by atoms with Gasteiger partial charge in [-0.15, -0.1) is 0 Å². The highest BCUT2D eigenvalue weighted by atomic mass is 79.9. The van der Waals surface area contributed by atoms with Crippen molar-refractivity contribution in [2.24, 2.45) is 0 Å². The number of piperazine rings is 1. The third-order valence-electron chi connectivity index (χ3n) is 3.03. The molecule has 2 rings (SSSR count). The van der Waals surface area contributed by atoms with Crippen LogP contribution in [0.25, 0.3) is 0 Å². The lowest BCUT2D eigenvalue weighted by molar-refractivity contribution is 0.164. The van der Waals surface area contributed by atoms with Crippen LogP contribution in [0.3, 0.4) is 0 Å². The zero-order valence-electron chi connectivity index (χ0n) is 9.34. The first kappa shape index (κ1) is 12.0. The van der Waals surface area contributed by atoms with E-state index in [1.54, 1.807) is 0 Å². The molecule has 1 aromatic rings. The lowest BCUT2D eigenvalue weighted by Crippen LogP contribution is -2.49. The van der Waals surface area contributed by atoms with Gasteiger partial charge in [-0.25, -0.2) is 4.39 Å². The molecule has 0 aromatic heterocycles. The molecule has 1 heterocycles. The molecule has 1 fully saturated rings. The van der Waals surface area contributed by atoms with Crippen molar-refractivity contribution < 1.29 is 4.39 Å². The third-order valence-corrected chi connectivity index (χ3v) is 3.52. The summed E-state index contributed by atoms with van der Waals surface area (Å²) in [6.07, 6.45) is 0. The number of rotatable bonds is 2. The molecule has 2 nitrogen and oxygen atoms in total. The fraction of sp³-hybridized carbons (Fsp3) is 0.500. The highest BCUT2D eigenvalue weighted by Crippen LogP contribution is 2.18. The van der Waals surface area contributed by atoms with Crippen LogP contribution in [0.15, 0.2) is 22.7 Å². The van der Waals surface area contributed by atoms with Crippen LogP contribution >= 0.6 is 15.9 Å². The molecule has 0 saturated carbocycles. The number of nitrogens with one attached hydrogen (secondary N) is 1. The van der Waals surface area contributed by atoms with Gasteiger partial charge in [-0.2, -0.15) is 0 Å². The zero-order valence-corrected chi connectivity index (χ0v) is 10.9. The molecule has 0 spiro atoms. The summed E-state index contributed by atoms with van der Waals surface area (Å²) in [6, 6.07) is 5.75. The molecule has 1 aromatic carbocycles. The second kappa shape index (κ2) is 5.25. The van der Waals surface area contributed by atoms with E-state index in [4.69, 9.17) is 0 Å². The molecule has 88 valence electrons. The van der Waals surface area contributed by atoms with Crippen molar-refractivity contribution in [2.45, 2.75) is 19.5 Å². The summed E-state index contributed by atoms with van der Waals surface area (Å²) in [5.74, 6) is -0.125. The summed E-state index contributed by atoms with van der Waals surface area (Å²) >= 11 is 3.27. The fourth-order valence-corrected chi connectivity index (χ4v) is 2.32. The SMILES string of the molecule is CC1CNCCN1Cc1ccc(Br)cc1F. The minimum Gasteiger partial charge on any atom is -0.314 e. The van der Waals surface area contributed by atoms with Gasteiger partial charge in [-0.05, 0) is 19.1 Å². The molecule has 1 aliphatic rings. The number of hydrogen-bond acceptors (Lipinski definition) is 2. The Morgan fingerprint density at radius 2 is 2.38 bits per heavy atom. The predicted molar refractivity (Wildman–Crippen MR) is 66.8 cm³/mol.